The molecule has 2 atom stereocenters. The Kier molecular flexibility index (Phi) is 4.41. The van der Waals surface area contributed by atoms with Crippen LogP contribution in [0.4, 0.5) is 11.4 Å². The third-order valence-electron chi connectivity index (χ3n) is 6.07. The maximum Gasteiger partial charge on any atom is 0.273 e. The van der Waals surface area contributed by atoms with Crippen molar-refractivity contribution in [3.63, 3.8) is 0 Å². The van der Waals surface area contributed by atoms with Crippen molar-refractivity contribution in [3.8, 4) is 5.75 Å². The Hall–Kier alpha value is -2.64. The first-order valence-electron chi connectivity index (χ1n) is 9.74. The number of nitro benzene ring substituents is 1. The van der Waals surface area contributed by atoms with Crippen LogP contribution in [0, 0.1) is 10.1 Å². The molecule has 2 aromatic carbocycles. The van der Waals surface area contributed by atoms with Crippen LogP contribution in [0.2, 0.25) is 0 Å². The van der Waals surface area contributed by atoms with Crippen LogP contribution < -0.4 is 9.64 Å². The first kappa shape index (κ1) is 17.5. The molecule has 0 spiro atoms. The number of rotatable bonds is 6. The molecule has 3 saturated heterocycles. The molecule has 3 fully saturated rings. The molecule has 0 radical (unpaired) electrons. The van der Waals surface area contributed by atoms with Gasteiger partial charge >= 0.3 is 0 Å². The quantitative estimate of drug-likeness (QED) is 0.566. The van der Waals surface area contributed by atoms with Gasteiger partial charge in [0, 0.05) is 31.2 Å². The minimum Gasteiger partial charge on any atom is -0.486 e. The fourth-order valence-corrected chi connectivity index (χ4v) is 4.56. The van der Waals surface area contributed by atoms with Gasteiger partial charge in [-0.25, -0.2) is 0 Å². The van der Waals surface area contributed by atoms with E-state index in [9.17, 15) is 10.1 Å². The van der Waals surface area contributed by atoms with Gasteiger partial charge in [0.1, 0.15) is 12.4 Å². The second-order valence-electron chi connectivity index (χ2n) is 7.77. The minimum absolute atomic E-state index is 0.0596. The Balaban J connectivity index is 1.37. The molecule has 7 nitrogen and oxygen atoms in total. The number of hydrogen-bond acceptors (Lipinski definition) is 6. The highest BCUT2D eigenvalue weighted by Gasteiger charge is 2.47. The van der Waals surface area contributed by atoms with E-state index in [1.807, 2.05) is 36.4 Å². The lowest BCUT2D eigenvalue weighted by Gasteiger charge is -2.43. The van der Waals surface area contributed by atoms with Crippen molar-refractivity contribution in [3.05, 3.63) is 64.2 Å². The van der Waals surface area contributed by atoms with Gasteiger partial charge in [-0.05, 0) is 18.1 Å². The summed E-state index contributed by atoms with van der Waals surface area (Å²) in [5.74, 6) is 0.587. The van der Waals surface area contributed by atoms with Crippen molar-refractivity contribution >= 4 is 11.4 Å². The lowest BCUT2D eigenvalue weighted by Crippen LogP contribution is -2.56. The number of likely N-dealkylation sites (tertiary alicyclic amines) is 1. The summed E-state index contributed by atoms with van der Waals surface area (Å²) >= 11 is 0. The number of nitrogens with zero attached hydrogens (tertiary/aromatic N) is 3. The number of nitro groups is 1. The third kappa shape index (κ3) is 3.10. The lowest BCUT2D eigenvalue weighted by molar-refractivity contribution is -0.384. The highest BCUT2D eigenvalue weighted by Crippen LogP contribution is 2.41. The molecule has 3 aliphatic rings. The number of fused-ring (bicyclic) bond motifs is 2. The Morgan fingerprint density at radius 1 is 1.07 bits per heavy atom. The van der Waals surface area contributed by atoms with Crippen molar-refractivity contribution in [1.29, 1.82) is 0 Å². The predicted octanol–water partition coefficient (Wildman–Crippen LogP) is 2.84. The fourth-order valence-electron chi connectivity index (χ4n) is 4.56. The van der Waals surface area contributed by atoms with Crippen LogP contribution in [-0.4, -0.2) is 54.3 Å². The average Bonchev–Trinajstić information content (AvgIpc) is 3.26. The van der Waals surface area contributed by atoms with Crippen LogP contribution >= 0.6 is 0 Å². The number of piperazine rings is 1. The van der Waals surface area contributed by atoms with Crippen molar-refractivity contribution in [2.75, 3.05) is 31.2 Å². The molecule has 5 rings (SSSR count). The van der Waals surface area contributed by atoms with E-state index in [-0.39, 0.29) is 10.6 Å². The number of ether oxygens (including phenoxy) is 2. The molecule has 2 aromatic rings. The Morgan fingerprint density at radius 3 is 2.54 bits per heavy atom. The van der Waals surface area contributed by atoms with Gasteiger partial charge in [0.15, 0.2) is 0 Å². The molecule has 0 saturated carbocycles. The van der Waals surface area contributed by atoms with Crippen LogP contribution in [0.5, 0.6) is 5.75 Å². The second-order valence-corrected chi connectivity index (χ2v) is 7.77. The van der Waals surface area contributed by atoms with Crippen molar-refractivity contribution in [1.82, 2.24) is 4.90 Å². The smallest absolute Gasteiger partial charge is 0.273 e. The summed E-state index contributed by atoms with van der Waals surface area (Å²) in [6.07, 6.45) is 1.13. The van der Waals surface area contributed by atoms with Gasteiger partial charge in [0.05, 0.1) is 35.9 Å². The van der Waals surface area contributed by atoms with Crippen LogP contribution in [0.15, 0.2) is 48.5 Å². The van der Waals surface area contributed by atoms with Crippen LogP contribution in [0.1, 0.15) is 12.0 Å². The average molecular weight is 381 g/mol. The molecule has 2 bridgehead atoms. The topological polar surface area (TPSA) is 68.1 Å². The molecule has 3 aliphatic heterocycles. The summed E-state index contributed by atoms with van der Waals surface area (Å²) < 4.78 is 11.4. The Bertz CT molecular complexity index is 871. The third-order valence-corrected chi connectivity index (χ3v) is 6.07. The van der Waals surface area contributed by atoms with E-state index in [1.54, 1.807) is 12.1 Å². The van der Waals surface area contributed by atoms with Gasteiger partial charge in [0.2, 0.25) is 0 Å². The zero-order valence-electron chi connectivity index (χ0n) is 15.6. The van der Waals surface area contributed by atoms with E-state index < -0.39 is 0 Å². The standard InChI is InChI=1S/C21H23N3O4/c25-24(26)16-6-7-20(21(9-16)28-12-15-4-2-1-3-5-15)23-11-17-8-18(23)10-22(17)19-13-27-14-19/h1-7,9,17-19H,8,10-14H2. The largest absolute Gasteiger partial charge is 0.486 e. The summed E-state index contributed by atoms with van der Waals surface area (Å²) in [6.45, 7) is 4.02. The maximum atomic E-state index is 11.3. The molecule has 0 amide bonds. The SMILES string of the molecule is O=[N+]([O-])c1ccc(N2CC3CC2CN3C2COC2)c(OCc2ccccc2)c1. The Labute approximate surface area is 163 Å². The van der Waals surface area contributed by atoms with Crippen LogP contribution in [-0.2, 0) is 11.3 Å². The van der Waals surface area contributed by atoms with E-state index in [0.717, 1.165) is 44.0 Å². The Morgan fingerprint density at radius 2 is 1.89 bits per heavy atom. The molecule has 0 N–H and O–H groups in total. The fraction of sp³-hybridized carbons (Fsp3) is 0.429. The summed E-state index contributed by atoms with van der Waals surface area (Å²) in [7, 11) is 0. The van der Waals surface area contributed by atoms with Crippen LogP contribution in [0.25, 0.3) is 0 Å². The van der Waals surface area contributed by atoms with Crippen molar-refractivity contribution < 1.29 is 14.4 Å². The number of non-ortho nitro benzene ring substituents is 1. The second kappa shape index (κ2) is 7.07. The van der Waals surface area contributed by atoms with Gasteiger partial charge in [-0.2, -0.15) is 0 Å². The molecule has 146 valence electrons. The number of hydrogen-bond donors (Lipinski definition) is 0. The molecule has 0 aliphatic carbocycles. The molecular formula is C21H23N3O4. The maximum absolute atomic E-state index is 11.3. The zero-order chi connectivity index (χ0) is 19.1. The van der Waals surface area contributed by atoms with Gasteiger partial charge < -0.3 is 14.4 Å². The normalized spacial score (nSPS) is 24.4. The van der Waals surface area contributed by atoms with Crippen molar-refractivity contribution in [2.24, 2.45) is 0 Å². The minimum atomic E-state index is -0.367. The first-order chi connectivity index (χ1) is 13.7. The van der Waals surface area contributed by atoms with Gasteiger partial charge in [0.25, 0.3) is 5.69 Å². The molecule has 7 heteroatoms. The van der Waals surface area contributed by atoms with Gasteiger partial charge in [-0.3, -0.25) is 15.0 Å². The summed E-state index contributed by atoms with van der Waals surface area (Å²) in [6, 6.07) is 16.4. The summed E-state index contributed by atoms with van der Waals surface area (Å²) in [5.41, 5.74) is 2.06. The van der Waals surface area contributed by atoms with E-state index in [4.69, 9.17) is 9.47 Å². The molecular weight excluding hydrogens is 358 g/mol. The van der Waals surface area contributed by atoms with Crippen molar-refractivity contribution in [2.45, 2.75) is 31.2 Å². The molecule has 28 heavy (non-hydrogen) atoms. The van der Waals surface area contributed by atoms with Crippen LogP contribution in [0.3, 0.4) is 0 Å². The highest BCUT2D eigenvalue weighted by molar-refractivity contribution is 5.64. The predicted molar refractivity (Wildman–Crippen MR) is 105 cm³/mol. The number of anilines is 1. The lowest BCUT2D eigenvalue weighted by atomic mass is 10.1. The zero-order valence-corrected chi connectivity index (χ0v) is 15.6. The molecule has 3 heterocycles. The van der Waals surface area contributed by atoms with E-state index in [1.165, 1.54) is 0 Å². The van der Waals surface area contributed by atoms with E-state index >= 15 is 0 Å². The number of benzene rings is 2. The van der Waals surface area contributed by atoms with Gasteiger partial charge in [-0.15, -0.1) is 0 Å². The van der Waals surface area contributed by atoms with Gasteiger partial charge in [-0.1, -0.05) is 30.3 Å². The van der Waals surface area contributed by atoms with E-state index in [2.05, 4.69) is 9.80 Å². The molecule has 0 aromatic heterocycles. The monoisotopic (exact) mass is 381 g/mol. The summed E-state index contributed by atoms with van der Waals surface area (Å²) in [5, 5.41) is 11.3. The molecule has 2 unspecified atom stereocenters. The van der Waals surface area contributed by atoms with E-state index in [0.29, 0.717) is 30.5 Å². The first-order valence-corrected chi connectivity index (χ1v) is 9.74. The highest BCUT2D eigenvalue weighted by atomic mass is 16.6. The summed E-state index contributed by atoms with van der Waals surface area (Å²) in [4.78, 5) is 15.8.